The first-order valence-electron chi connectivity index (χ1n) is 10.2. The summed E-state index contributed by atoms with van der Waals surface area (Å²) in [6, 6.07) is 19.6. The van der Waals surface area contributed by atoms with Crippen LogP contribution in [0.25, 0.3) is 6.08 Å². The number of halogens is 2. The smallest absolute Gasteiger partial charge is 0.245 e. The van der Waals surface area contributed by atoms with Gasteiger partial charge in [-0.1, -0.05) is 70.0 Å². The Morgan fingerprint density at radius 1 is 1.00 bits per heavy atom. The third-order valence-corrected chi connectivity index (χ3v) is 7.04. The Hall–Kier alpha value is -2.96. The molecule has 0 bridgehead atoms. The molecule has 0 spiro atoms. The number of carbonyl (C=O) groups is 1. The fourth-order valence-electron chi connectivity index (χ4n) is 4.90. The molecule has 3 aromatic rings. The summed E-state index contributed by atoms with van der Waals surface area (Å²) in [4.78, 5) is 28.0. The molecule has 0 amide bonds. The Balaban J connectivity index is 1.71. The molecule has 0 saturated carbocycles. The maximum Gasteiger partial charge on any atom is 0.245 e. The van der Waals surface area contributed by atoms with E-state index in [1.807, 2.05) is 65.6 Å². The van der Waals surface area contributed by atoms with Crippen LogP contribution in [0.3, 0.4) is 0 Å². The summed E-state index contributed by atoms with van der Waals surface area (Å²) < 4.78 is 0.875. The van der Waals surface area contributed by atoms with Crippen molar-refractivity contribution < 1.29 is 9.72 Å². The van der Waals surface area contributed by atoms with E-state index in [2.05, 4.69) is 15.9 Å². The molecule has 2 aliphatic heterocycles. The van der Waals surface area contributed by atoms with Gasteiger partial charge in [-0.25, -0.2) is 0 Å². The monoisotopic (exact) mass is 508 g/mol. The fraction of sp³-hybridized carbons (Fsp3) is 0.160. The maximum absolute atomic E-state index is 13.9. The number of rotatable bonds is 4. The van der Waals surface area contributed by atoms with Crippen molar-refractivity contribution in [2.75, 3.05) is 4.90 Å². The van der Waals surface area contributed by atoms with Crippen molar-refractivity contribution in [2.45, 2.75) is 24.0 Å². The lowest BCUT2D eigenvalue weighted by Gasteiger charge is -2.34. The molecule has 5 nitrogen and oxygen atoms in total. The van der Waals surface area contributed by atoms with Crippen molar-refractivity contribution in [3.63, 3.8) is 0 Å². The Morgan fingerprint density at radius 3 is 2.38 bits per heavy atom. The molecular weight excluding hydrogens is 492 g/mol. The number of hydrogen-bond acceptors (Lipinski definition) is 4. The van der Waals surface area contributed by atoms with Gasteiger partial charge in [0.1, 0.15) is 12.1 Å². The van der Waals surface area contributed by atoms with Crippen molar-refractivity contribution in [1.29, 1.82) is 0 Å². The number of nitrogens with zero attached hydrogens (tertiary/aromatic N) is 2. The van der Waals surface area contributed by atoms with Crippen molar-refractivity contribution in [2.24, 2.45) is 0 Å². The Morgan fingerprint density at radius 2 is 1.69 bits per heavy atom. The van der Waals surface area contributed by atoms with Crippen LogP contribution < -0.4 is 4.90 Å². The number of anilines is 1. The number of benzene rings is 3. The first-order valence-corrected chi connectivity index (χ1v) is 11.4. The summed E-state index contributed by atoms with van der Waals surface area (Å²) in [5, 5.41) is 12.9. The van der Waals surface area contributed by atoms with Gasteiger partial charge in [-0.05, 0) is 53.6 Å². The van der Waals surface area contributed by atoms with E-state index in [1.165, 1.54) is 0 Å². The number of nitro groups is 1. The van der Waals surface area contributed by atoms with Crippen molar-refractivity contribution in [3.05, 3.63) is 115 Å². The lowest BCUT2D eigenvalue weighted by atomic mass is 9.84. The third kappa shape index (κ3) is 3.44. The first kappa shape index (κ1) is 20.9. The van der Waals surface area contributed by atoms with Crippen LogP contribution in [-0.2, 0) is 0 Å². The van der Waals surface area contributed by atoms with Gasteiger partial charge >= 0.3 is 0 Å². The summed E-state index contributed by atoms with van der Waals surface area (Å²) in [6.07, 6.45) is 3.78. The van der Waals surface area contributed by atoms with Crippen molar-refractivity contribution >= 4 is 45.1 Å². The van der Waals surface area contributed by atoms with Crippen LogP contribution in [0, 0.1) is 10.1 Å². The molecule has 1 fully saturated rings. The minimum absolute atomic E-state index is 0.158. The fourth-order valence-corrected chi connectivity index (χ4v) is 5.29. The van der Waals surface area contributed by atoms with Gasteiger partial charge in [0.05, 0.1) is 5.92 Å². The molecule has 0 aromatic heterocycles. The summed E-state index contributed by atoms with van der Waals surface area (Å²) in [5.74, 6) is -0.781. The highest BCUT2D eigenvalue weighted by atomic mass is 79.9. The lowest BCUT2D eigenvalue weighted by molar-refractivity contribution is -0.524. The van der Waals surface area contributed by atoms with Crippen LogP contribution >= 0.6 is 27.5 Å². The highest BCUT2D eigenvalue weighted by Gasteiger charge is 2.58. The molecule has 5 rings (SSSR count). The minimum atomic E-state index is -0.970. The summed E-state index contributed by atoms with van der Waals surface area (Å²) in [7, 11) is 0. The van der Waals surface area contributed by atoms with Gasteiger partial charge in [0, 0.05) is 25.7 Å². The van der Waals surface area contributed by atoms with E-state index < -0.39 is 24.0 Å². The van der Waals surface area contributed by atoms with Gasteiger partial charge in [-0.15, -0.1) is 0 Å². The van der Waals surface area contributed by atoms with Crippen LogP contribution in [0.1, 0.15) is 27.4 Å². The Bertz CT molecular complexity index is 1230. The molecule has 0 N–H and O–H groups in total. The highest BCUT2D eigenvalue weighted by molar-refractivity contribution is 9.10. The van der Waals surface area contributed by atoms with E-state index >= 15 is 0 Å². The number of carbonyl (C=O) groups excluding carboxylic acids is 1. The van der Waals surface area contributed by atoms with Crippen molar-refractivity contribution in [3.8, 4) is 0 Å². The van der Waals surface area contributed by atoms with E-state index in [-0.39, 0.29) is 10.7 Å². The average Bonchev–Trinajstić information content (AvgIpc) is 3.15. The van der Waals surface area contributed by atoms with E-state index in [1.54, 1.807) is 24.3 Å². The molecule has 4 atom stereocenters. The quantitative estimate of drug-likeness (QED) is 0.246. The zero-order chi connectivity index (χ0) is 22.4. The average molecular weight is 510 g/mol. The van der Waals surface area contributed by atoms with Crippen LogP contribution in [0.4, 0.5) is 5.69 Å². The standard InChI is InChI=1S/C25H18BrClN2O3/c26-18-10-5-16(6-11-18)22-23(29(31)32)21-14-9-15-3-1-2-4-20(15)28(21)24(22)25(30)17-7-12-19(27)13-8-17/h1-14,21-24H/t21-,22+,23-,24-/m0/s1. The molecule has 32 heavy (non-hydrogen) atoms. The van der Waals surface area contributed by atoms with Gasteiger partial charge < -0.3 is 4.90 Å². The second kappa shape index (κ2) is 8.19. The van der Waals surface area contributed by atoms with Crippen LogP contribution in [0.15, 0.2) is 83.3 Å². The Kier molecular flexibility index (Phi) is 5.35. The summed E-state index contributed by atoms with van der Waals surface area (Å²) in [5.41, 5.74) is 3.02. The number of ketones is 1. The molecule has 0 unspecified atom stereocenters. The summed E-state index contributed by atoms with van der Waals surface area (Å²) in [6.45, 7) is 0. The van der Waals surface area contributed by atoms with Crippen LogP contribution in [0.5, 0.6) is 0 Å². The highest BCUT2D eigenvalue weighted by Crippen LogP contribution is 2.47. The van der Waals surface area contributed by atoms with Crippen LogP contribution in [0.2, 0.25) is 5.02 Å². The minimum Gasteiger partial charge on any atom is -0.346 e. The number of fused-ring (bicyclic) bond motifs is 3. The van der Waals surface area contributed by atoms with E-state index in [0.717, 1.165) is 21.3 Å². The SMILES string of the molecule is O=C(c1ccc(Cl)cc1)[C@@H]1[C@H](c2ccc(Br)cc2)[C@@H]([N+](=O)[O-])[C@@H]2C=Cc3ccccc3N12. The molecule has 2 heterocycles. The lowest BCUT2D eigenvalue weighted by Crippen LogP contribution is -2.44. The zero-order valence-electron chi connectivity index (χ0n) is 16.8. The molecule has 160 valence electrons. The van der Waals surface area contributed by atoms with E-state index in [4.69, 9.17) is 11.6 Å². The second-order valence-electron chi connectivity index (χ2n) is 7.99. The molecule has 3 aromatic carbocycles. The second-order valence-corrected chi connectivity index (χ2v) is 9.34. The topological polar surface area (TPSA) is 63.4 Å². The van der Waals surface area contributed by atoms with E-state index in [9.17, 15) is 14.9 Å². The largest absolute Gasteiger partial charge is 0.346 e. The normalized spacial score (nSPS) is 23.5. The van der Waals surface area contributed by atoms with E-state index in [0.29, 0.717) is 10.6 Å². The Labute approximate surface area is 198 Å². The molecular formula is C25H18BrClN2O3. The zero-order valence-corrected chi connectivity index (χ0v) is 19.1. The molecule has 1 saturated heterocycles. The van der Waals surface area contributed by atoms with Gasteiger partial charge in [-0.2, -0.15) is 0 Å². The number of Topliss-reactive ketones (excluding diaryl/α,β-unsaturated/α-hetero) is 1. The van der Waals surface area contributed by atoms with Gasteiger partial charge in [0.25, 0.3) is 0 Å². The predicted octanol–water partition coefficient (Wildman–Crippen LogP) is 6.00. The third-order valence-electron chi connectivity index (χ3n) is 6.26. The molecule has 7 heteroatoms. The maximum atomic E-state index is 13.9. The van der Waals surface area contributed by atoms with Gasteiger partial charge in [0.2, 0.25) is 6.04 Å². The number of hydrogen-bond donors (Lipinski definition) is 0. The molecule has 2 aliphatic rings. The number of para-hydroxylation sites is 1. The first-order chi connectivity index (χ1) is 15.5. The predicted molar refractivity (Wildman–Crippen MR) is 129 cm³/mol. The summed E-state index contributed by atoms with van der Waals surface area (Å²) >= 11 is 9.47. The molecule has 0 radical (unpaired) electrons. The van der Waals surface area contributed by atoms with Gasteiger partial charge in [0.15, 0.2) is 5.78 Å². The van der Waals surface area contributed by atoms with Gasteiger partial charge in [-0.3, -0.25) is 14.9 Å². The van der Waals surface area contributed by atoms with Crippen LogP contribution in [-0.4, -0.2) is 28.8 Å². The molecule has 0 aliphatic carbocycles. The van der Waals surface area contributed by atoms with Crippen molar-refractivity contribution in [1.82, 2.24) is 0 Å².